The molecule has 12 heavy (non-hydrogen) atoms. The first-order chi connectivity index (χ1) is 5.16. The third-order valence-corrected chi connectivity index (χ3v) is 2.64. The smallest absolute Gasteiger partial charge is 0.0469 e. The quantitative estimate of drug-likeness (QED) is 0.651. The van der Waals surface area contributed by atoms with E-state index in [0.717, 1.165) is 11.4 Å². The van der Waals surface area contributed by atoms with Gasteiger partial charge in [0.2, 0.25) is 0 Å². The van der Waals surface area contributed by atoms with Gasteiger partial charge < -0.3 is 0 Å². The Kier molecular flexibility index (Phi) is 4.66. The van der Waals surface area contributed by atoms with Crippen LogP contribution in [0.2, 0.25) is 5.02 Å². The number of benzene rings is 1. The van der Waals surface area contributed by atoms with E-state index >= 15 is 0 Å². The fourth-order valence-electron chi connectivity index (χ4n) is 1.11. The molecular weight excluding hydrogens is 191 g/mol. The Labute approximate surface area is 85.3 Å². The lowest BCUT2D eigenvalue weighted by molar-refractivity contribution is 1.12. The molecule has 0 aliphatic carbocycles. The Hall–Kier alpha value is -0.200. The van der Waals surface area contributed by atoms with Crippen molar-refractivity contribution in [2.45, 2.75) is 27.2 Å². The van der Waals surface area contributed by atoms with E-state index in [1.165, 1.54) is 16.7 Å². The lowest BCUT2D eigenvalue weighted by atomic mass is 10.0. The van der Waals surface area contributed by atoms with Crippen molar-refractivity contribution in [1.29, 1.82) is 0 Å². The Bertz CT molecular complexity index is 267. The predicted octanol–water partition coefficient (Wildman–Crippen LogP) is 3.94. The first-order valence-corrected chi connectivity index (χ1v) is 4.29. The van der Waals surface area contributed by atoms with Crippen LogP contribution in [0.4, 0.5) is 0 Å². The number of rotatable bonds is 1. The first kappa shape index (κ1) is 11.8. The largest absolute Gasteiger partial charge is 0.147 e. The number of aryl methyl sites for hydroxylation is 2. The van der Waals surface area contributed by atoms with Crippen LogP contribution >= 0.6 is 24.0 Å². The van der Waals surface area contributed by atoms with Crippen molar-refractivity contribution in [3.8, 4) is 0 Å². The second-order valence-electron chi connectivity index (χ2n) is 2.83. The Morgan fingerprint density at radius 2 is 1.83 bits per heavy atom. The summed E-state index contributed by atoms with van der Waals surface area (Å²) in [4.78, 5) is 0. The van der Waals surface area contributed by atoms with Gasteiger partial charge in [-0.05, 0) is 37.0 Å². The molecule has 0 aliphatic heterocycles. The molecule has 0 fully saturated rings. The Morgan fingerprint density at radius 1 is 1.25 bits per heavy atom. The van der Waals surface area contributed by atoms with Crippen molar-refractivity contribution in [2.75, 3.05) is 0 Å². The van der Waals surface area contributed by atoms with Gasteiger partial charge in [0.15, 0.2) is 0 Å². The summed E-state index contributed by atoms with van der Waals surface area (Å²) in [5.41, 5.74) is 3.73. The summed E-state index contributed by atoms with van der Waals surface area (Å²) >= 11 is 6.10. The maximum atomic E-state index is 6.10. The molecule has 2 heteroatoms. The molecule has 0 nitrogen and oxygen atoms in total. The average Bonchev–Trinajstić information content (AvgIpc) is 2.01. The zero-order valence-corrected chi connectivity index (χ0v) is 9.22. The summed E-state index contributed by atoms with van der Waals surface area (Å²) in [5.74, 6) is 0. The second kappa shape index (κ2) is 4.74. The van der Waals surface area contributed by atoms with Crippen LogP contribution in [0.15, 0.2) is 12.1 Å². The van der Waals surface area contributed by atoms with Gasteiger partial charge in [0.1, 0.15) is 0 Å². The van der Waals surface area contributed by atoms with Crippen molar-refractivity contribution in [3.63, 3.8) is 0 Å². The van der Waals surface area contributed by atoms with Crippen LogP contribution in [0.25, 0.3) is 0 Å². The summed E-state index contributed by atoms with van der Waals surface area (Å²) in [6.07, 6.45) is 1.01. The molecule has 0 radical (unpaired) electrons. The monoisotopic (exact) mass is 204 g/mol. The van der Waals surface area contributed by atoms with E-state index in [1.54, 1.807) is 0 Å². The van der Waals surface area contributed by atoms with Crippen LogP contribution in [-0.4, -0.2) is 0 Å². The van der Waals surface area contributed by atoms with E-state index in [0.29, 0.717) is 0 Å². The van der Waals surface area contributed by atoms with Gasteiger partial charge in [-0.3, -0.25) is 0 Å². The molecule has 0 N–H and O–H groups in total. The molecule has 0 unspecified atom stereocenters. The lowest BCUT2D eigenvalue weighted by Crippen LogP contribution is -1.88. The van der Waals surface area contributed by atoms with E-state index in [4.69, 9.17) is 11.6 Å². The number of hydrogen-bond acceptors (Lipinski definition) is 0. The zero-order valence-electron chi connectivity index (χ0n) is 7.65. The highest BCUT2D eigenvalue weighted by Crippen LogP contribution is 2.23. The van der Waals surface area contributed by atoms with Crippen LogP contribution in [0, 0.1) is 13.8 Å². The van der Waals surface area contributed by atoms with Crippen molar-refractivity contribution >= 4 is 24.0 Å². The molecule has 0 spiro atoms. The van der Waals surface area contributed by atoms with Crippen LogP contribution in [-0.2, 0) is 6.42 Å². The molecule has 68 valence electrons. The minimum absolute atomic E-state index is 0. The van der Waals surface area contributed by atoms with Gasteiger partial charge in [-0.25, -0.2) is 0 Å². The fraction of sp³-hybridized carbons (Fsp3) is 0.400. The number of halogens is 2. The lowest BCUT2D eigenvalue weighted by Gasteiger charge is -2.06. The summed E-state index contributed by atoms with van der Waals surface area (Å²) in [5, 5.41) is 0.938. The maximum absolute atomic E-state index is 6.10. The van der Waals surface area contributed by atoms with Crippen LogP contribution in [0.3, 0.4) is 0 Å². The molecule has 0 saturated heterocycles. The van der Waals surface area contributed by atoms with Crippen molar-refractivity contribution < 1.29 is 0 Å². The zero-order chi connectivity index (χ0) is 8.43. The van der Waals surface area contributed by atoms with Gasteiger partial charge in [-0.2, -0.15) is 0 Å². The normalized spacial score (nSPS) is 9.33. The molecule has 0 bridgehead atoms. The Morgan fingerprint density at radius 3 is 2.33 bits per heavy atom. The molecule has 1 aromatic carbocycles. The molecule has 0 amide bonds. The standard InChI is InChI=1S/C10H13Cl.ClH/c1-4-9-6-5-7(2)8(3)10(9)11;/h5-6H,4H2,1-3H3;1H. The highest BCUT2D eigenvalue weighted by molar-refractivity contribution is 6.32. The van der Waals surface area contributed by atoms with Crippen molar-refractivity contribution in [1.82, 2.24) is 0 Å². The minimum atomic E-state index is 0. The van der Waals surface area contributed by atoms with E-state index in [2.05, 4.69) is 32.9 Å². The molecule has 1 rings (SSSR count). The molecule has 1 aromatic rings. The summed E-state index contributed by atoms with van der Waals surface area (Å²) < 4.78 is 0. The van der Waals surface area contributed by atoms with Gasteiger partial charge >= 0.3 is 0 Å². The molecule has 0 atom stereocenters. The van der Waals surface area contributed by atoms with Gasteiger partial charge in [0.25, 0.3) is 0 Å². The molecule has 0 aliphatic rings. The molecule has 0 saturated carbocycles. The van der Waals surface area contributed by atoms with E-state index in [-0.39, 0.29) is 12.4 Å². The molecule has 0 heterocycles. The first-order valence-electron chi connectivity index (χ1n) is 3.91. The maximum Gasteiger partial charge on any atom is 0.0469 e. The van der Waals surface area contributed by atoms with Gasteiger partial charge in [-0.1, -0.05) is 30.7 Å². The number of hydrogen-bond donors (Lipinski definition) is 0. The predicted molar refractivity (Wildman–Crippen MR) is 57.6 cm³/mol. The van der Waals surface area contributed by atoms with Gasteiger partial charge in [-0.15, -0.1) is 12.4 Å². The van der Waals surface area contributed by atoms with Crippen LogP contribution < -0.4 is 0 Å². The van der Waals surface area contributed by atoms with Crippen LogP contribution in [0.1, 0.15) is 23.6 Å². The third-order valence-electron chi connectivity index (χ3n) is 2.12. The van der Waals surface area contributed by atoms with Gasteiger partial charge in [0.05, 0.1) is 0 Å². The van der Waals surface area contributed by atoms with Gasteiger partial charge in [0, 0.05) is 5.02 Å². The fourth-order valence-corrected chi connectivity index (χ4v) is 1.46. The van der Waals surface area contributed by atoms with Crippen LogP contribution in [0.5, 0.6) is 0 Å². The summed E-state index contributed by atoms with van der Waals surface area (Å²) in [6, 6.07) is 4.23. The molecule has 0 aromatic heterocycles. The summed E-state index contributed by atoms with van der Waals surface area (Å²) in [7, 11) is 0. The highest BCUT2D eigenvalue weighted by atomic mass is 35.5. The Balaban J connectivity index is 0.00000121. The van der Waals surface area contributed by atoms with E-state index < -0.39 is 0 Å². The van der Waals surface area contributed by atoms with E-state index in [1.807, 2.05) is 0 Å². The summed E-state index contributed by atoms with van der Waals surface area (Å²) in [6.45, 7) is 6.27. The highest BCUT2D eigenvalue weighted by Gasteiger charge is 2.02. The average molecular weight is 205 g/mol. The second-order valence-corrected chi connectivity index (χ2v) is 3.21. The molecular formula is C10H14Cl2. The third kappa shape index (κ3) is 2.15. The van der Waals surface area contributed by atoms with Crippen molar-refractivity contribution in [3.05, 3.63) is 33.8 Å². The van der Waals surface area contributed by atoms with E-state index in [9.17, 15) is 0 Å². The topological polar surface area (TPSA) is 0 Å². The minimum Gasteiger partial charge on any atom is -0.147 e. The van der Waals surface area contributed by atoms with Crippen molar-refractivity contribution in [2.24, 2.45) is 0 Å². The SMILES string of the molecule is CCc1ccc(C)c(C)c1Cl.Cl.